The highest BCUT2D eigenvalue weighted by Crippen LogP contribution is 2.08. The van der Waals surface area contributed by atoms with Crippen LogP contribution in [0.4, 0.5) is 4.79 Å². The Balaban J connectivity index is 2.28. The van der Waals surface area contributed by atoms with Gasteiger partial charge in [0.25, 0.3) is 0 Å². The minimum Gasteiger partial charge on any atom is -0.492 e. The Morgan fingerprint density at radius 3 is 2.52 bits per heavy atom. The lowest BCUT2D eigenvalue weighted by Crippen LogP contribution is -2.49. The zero-order valence-electron chi connectivity index (χ0n) is 12.3. The molecule has 0 aliphatic rings. The van der Waals surface area contributed by atoms with Crippen LogP contribution in [0.2, 0.25) is 0 Å². The fourth-order valence-electron chi connectivity index (χ4n) is 1.73. The molecule has 21 heavy (non-hydrogen) atoms. The van der Waals surface area contributed by atoms with E-state index in [1.165, 1.54) is 0 Å². The lowest BCUT2D eigenvalue weighted by atomic mass is 9.99. The minimum atomic E-state index is -1.03. The second-order valence-electron chi connectivity index (χ2n) is 4.76. The van der Waals surface area contributed by atoms with E-state index in [2.05, 4.69) is 10.6 Å². The van der Waals surface area contributed by atoms with Crippen molar-refractivity contribution in [1.29, 1.82) is 0 Å². The summed E-state index contributed by atoms with van der Waals surface area (Å²) in [6.45, 7) is 4.29. The molecule has 0 aliphatic heterocycles. The molecule has 0 heterocycles. The van der Waals surface area contributed by atoms with Gasteiger partial charge in [-0.25, -0.2) is 9.59 Å². The summed E-state index contributed by atoms with van der Waals surface area (Å²) in [5.74, 6) is -0.434. The van der Waals surface area contributed by atoms with Gasteiger partial charge in [-0.05, 0) is 18.1 Å². The highest BCUT2D eigenvalue weighted by molar-refractivity contribution is 5.82. The number of carbonyl (C=O) groups is 2. The number of benzene rings is 1. The van der Waals surface area contributed by atoms with E-state index < -0.39 is 18.0 Å². The van der Waals surface area contributed by atoms with Crippen molar-refractivity contribution in [2.45, 2.75) is 26.3 Å². The van der Waals surface area contributed by atoms with Crippen molar-refractivity contribution < 1.29 is 19.4 Å². The fourth-order valence-corrected chi connectivity index (χ4v) is 1.73. The van der Waals surface area contributed by atoms with Crippen LogP contribution >= 0.6 is 0 Å². The van der Waals surface area contributed by atoms with Crippen LogP contribution in [0.1, 0.15) is 20.3 Å². The second kappa shape index (κ2) is 8.84. The summed E-state index contributed by atoms with van der Waals surface area (Å²) in [5.41, 5.74) is 0. The first kappa shape index (κ1) is 16.8. The molecule has 6 nitrogen and oxygen atoms in total. The van der Waals surface area contributed by atoms with E-state index in [0.717, 1.165) is 5.75 Å². The van der Waals surface area contributed by atoms with E-state index in [0.29, 0.717) is 19.6 Å². The van der Waals surface area contributed by atoms with Crippen molar-refractivity contribution in [2.75, 3.05) is 13.2 Å². The summed E-state index contributed by atoms with van der Waals surface area (Å²) in [6, 6.07) is 7.87. The zero-order valence-corrected chi connectivity index (χ0v) is 12.3. The summed E-state index contributed by atoms with van der Waals surface area (Å²) in [6.07, 6.45) is 0.675. The monoisotopic (exact) mass is 294 g/mol. The third kappa shape index (κ3) is 6.16. The normalized spacial score (nSPS) is 13.0. The van der Waals surface area contributed by atoms with Crippen molar-refractivity contribution in [3.05, 3.63) is 30.3 Å². The molecule has 1 rings (SSSR count). The molecule has 0 saturated heterocycles. The first-order chi connectivity index (χ1) is 10.0. The van der Waals surface area contributed by atoms with Crippen molar-refractivity contribution in [3.63, 3.8) is 0 Å². The molecule has 0 bridgehead atoms. The molecule has 2 amide bonds. The van der Waals surface area contributed by atoms with Gasteiger partial charge in [0.05, 0.1) is 6.54 Å². The van der Waals surface area contributed by atoms with Crippen LogP contribution in [0.25, 0.3) is 0 Å². The fraction of sp³-hybridized carbons (Fsp3) is 0.467. The molecule has 0 saturated carbocycles. The maximum atomic E-state index is 11.6. The Morgan fingerprint density at radius 2 is 1.95 bits per heavy atom. The summed E-state index contributed by atoms with van der Waals surface area (Å²) in [5, 5.41) is 14.1. The standard InChI is InChI=1S/C15H22N2O4/c1-3-11(2)13(14(18)19)17-15(20)16-9-10-21-12-7-5-4-6-8-12/h4-8,11,13H,3,9-10H2,1-2H3,(H,18,19)(H2,16,17,20)/t11-,13-/m0/s1. The third-order valence-electron chi connectivity index (χ3n) is 3.17. The number of carbonyl (C=O) groups excluding carboxylic acids is 1. The number of nitrogens with one attached hydrogen (secondary N) is 2. The first-order valence-electron chi connectivity index (χ1n) is 6.99. The van der Waals surface area contributed by atoms with Crippen LogP contribution in [0.5, 0.6) is 5.75 Å². The number of carboxylic acid groups (broad SMARTS) is 1. The molecular weight excluding hydrogens is 272 g/mol. The van der Waals surface area contributed by atoms with Crippen LogP contribution in [-0.2, 0) is 4.79 Å². The molecule has 2 atom stereocenters. The van der Waals surface area contributed by atoms with Crippen LogP contribution in [0, 0.1) is 5.92 Å². The van der Waals surface area contributed by atoms with Gasteiger partial charge in [0.1, 0.15) is 18.4 Å². The molecule has 0 aliphatic carbocycles. The Morgan fingerprint density at radius 1 is 1.29 bits per heavy atom. The summed E-state index contributed by atoms with van der Waals surface area (Å²) >= 11 is 0. The molecule has 1 aromatic carbocycles. The number of ether oxygens (including phenoxy) is 1. The predicted molar refractivity (Wildman–Crippen MR) is 79.4 cm³/mol. The van der Waals surface area contributed by atoms with Gasteiger partial charge in [-0.3, -0.25) is 0 Å². The van der Waals surface area contributed by atoms with E-state index in [1.54, 1.807) is 6.92 Å². The summed E-state index contributed by atoms with van der Waals surface area (Å²) in [4.78, 5) is 22.7. The number of aliphatic carboxylic acids is 1. The topological polar surface area (TPSA) is 87.7 Å². The Bertz CT molecular complexity index is 450. The number of hydrogen-bond donors (Lipinski definition) is 3. The van der Waals surface area contributed by atoms with Gasteiger partial charge < -0.3 is 20.5 Å². The molecule has 0 radical (unpaired) electrons. The van der Waals surface area contributed by atoms with Gasteiger partial charge in [-0.2, -0.15) is 0 Å². The Labute approximate surface area is 124 Å². The maximum absolute atomic E-state index is 11.6. The molecule has 3 N–H and O–H groups in total. The van der Waals surface area contributed by atoms with Crippen LogP contribution < -0.4 is 15.4 Å². The van der Waals surface area contributed by atoms with Crippen molar-refractivity contribution in [2.24, 2.45) is 5.92 Å². The van der Waals surface area contributed by atoms with Gasteiger partial charge in [-0.15, -0.1) is 0 Å². The largest absolute Gasteiger partial charge is 0.492 e. The molecule has 0 fully saturated rings. The number of amides is 2. The first-order valence-corrected chi connectivity index (χ1v) is 6.99. The SMILES string of the molecule is CC[C@H](C)[C@H](NC(=O)NCCOc1ccccc1)C(=O)O. The van der Waals surface area contributed by atoms with Gasteiger partial charge >= 0.3 is 12.0 Å². The predicted octanol–water partition coefficient (Wildman–Crippen LogP) is 1.86. The maximum Gasteiger partial charge on any atom is 0.326 e. The van der Waals surface area contributed by atoms with Crippen LogP contribution in [0.15, 0.2) is 30.3 Å². The number of para-hydroxylation sites is 1. The van der Waals surface area contributed by atoms with Crippen LogP contribution in [-0.4, -0.2) is 36.3 Å². The average Bonchev–Trinajstić information content (AvgIpc) is 2.49. The molecule has 1 aromatic rings. The third-order valence-corrected chi connectivity index (χ3v) is 3.17. The Hall–Kier alpha value is -2.24. The quantitative estimate of drug-likeness (QED) is 0.639. The van der Waals surface area contributed by atoms with E-state index >= 15 is 0 Å². The second-order valence-corrected chi connectivity index (χ2v) is 4.76. The van der Waals surface area contributed by atoms with Gasteiger partial charge in [0.15, 0.2) is 0 Å². The highest BCUT2D eigenvalue weighted by Gasteiger charge is 2.24. The summed E-state index contributed by atoms with van der Waals surface area (Å²) in [7, 11) is 0. The van der Waals surface area contributed by atoms with E-state index in [4.69, 9.17) is 9.84 Å². The highest BCUT2D eigenvalue weighted by atomic mass is 16.5. The van der Waals surface area contributed by atoms with Crippen LogP contribution in [0.3, 0.4) is 0 Å². The molecule has 116 valence electrons. The number of rotatable bonds is 8. The van der Waals surface area contributed by atoms with E-state index in [-0.39, 0.29) is 5.92 Å². The van der Waals surface area contributed by atoms with E-state index in [9.17, 15) is 9.59 Å². The zero-order chi connectivity index (χ0) is 15.7. The van der Waals surface area contributed by atoms with Gasteiger partial charge in [-0.1, -0.05) is 38.5 Å². The van der Waals surface area contributed by atoms with E-state index in [1.807, 2.05) is 37.3 Å². The van der Waals surface area contributed by atoms with Gasteiger partial charge in [0.2, 0.25) is 0 Å². The van der Waals surface area contributed by atoms with Crippen molar-refractivity contribution in [1.82, 2.24) is 10.6 Å². The lowest BCUT2D eigenvalue weighted by molar-refractivity contribution is -0.140. The van der Waals surface area contributed by atoms with Gasteiger partial charge in [0, 0.05) is 0 Å². The minimum absolute atomic E-state index is 0.131. The Kier molecular flexibility index (Phi) is 7.08. The van der Waals surface area contributed by atoms with Crippen molar-refractivity contribution in [3.8, 4) is 5.75 Å². The molecule has 0 aromatic heterocycles. The average molecular weight is 294 g/mol. The number of carboxylic acids is 1. The number of urea groups is 1. The molecule has 6 heteroatoms. The lowest BCUT2D eigenvalue weighted by Gasteiger charge is -2.20. The smallest absolute Gasteiger partial charge is 0.326 e. The van der Waals surface area contributed by atoms with Crippen molar-refractivity contribution >= 4 is 12.0 Å². The molecule has 0 unspecified atom stereocenters. The molecule has 0 spiro atoms. The number of hydrogen-bond acceptors (Lipinski definition) is 3. The summed E-state index contributed by atoms with van der Waals surface area (Å²) < 4.78 is 5.42. The molecular formula is C15H22N2O4.